The van der Waals surface area contributed by atoms with Crippen molar-refractivity contribution in [1.82, 2.24) is 4.98 Å². The normalized spacial score (nSPS) is 16.1. The zero-order chi connectivity index (χ0) is 12.4. The molecule has 1 heterocycles. The van der Waals surface area contributed by atoms with Gasteiger partial charge in [-0.1, -0.05) is 23.2 Å². The Balaban J connectivity index is 2.41. The highest BCUT2D eigenvalue weighted by Crippen LogP contribution is 2.39. The predicted octanol–water partition coefficient (Wildman–Crippen LogP) is 4.68. The molecule has 0 aliphatic heterocycles. The molecule has 0 fully saturated rings. The minimum Gasteiger partial charge on any atom is -0.248 e. The maximum atomic E-state index is 13.3. The fourth-order valence-corrected chi connectivity index (χ4v) is 2.22. The largest absolute Gasteiger partial charge is 0.292 e. The van der Waals surface area contributed by atoms with Gasteiger partial charge in [-0.25, -0.2) is 18.2 Å². The second kappa shape index (κ2) is 5.10. The number of alkyl halides is 4. The lowest BCUT2D eigenvalue weighted by Crippen LogP contribution is -2.36. The molecule has 0 bridgehead atoms. The number of aryl methyl sites for hydroxylation is 1. The molecule has 0 radical (unpaired) electrons. The highest BCUT2D eigenvalue weighted by molar-refractivity contribution is 7.15. The zero-order valence-electron chi connectivity index (χ0n) is 8.44. The van der Waals surface area contributed by atoms with Crippen molar-refractivity contribution < 1.29 is 13.2 Å². The number of hydrogen-bond donors (Lipinski definition) is 0. The third kappa shape index (κ3) is 3.79. The van der Waals surface area contributed by atoms with E-state index in [1.807, 2.05) is 0 Å². The Labute approximate surface area is 106 Å². The van der Waals surface area contributed by atoms with Crippen molar-refractivity contribution in [1.29, 1.82) is 0 Å². The van der Waals surface area contributed by atoms with Gasteiger partial charge >= 0.3 is 0 Å². The predicted molar refractivity (Wildman–Crippen MR) is 60.4 cm³/mol. The number of thiazole rings is 1. The molecular formula is C9H10Cl2F3NS. The van der Waals surface area contributed by atoms with E-state index in [1.54, 1.807) is 0 Å². The first kappa shape index (κ1) is 14.1. The van der Waals surface area contributed by atoms with Gasteiger partial charge in [0.15, 0.2) is 0 Å². The van der Waals surface area contributed by atoms with Crippen molar-refractivity contribution >= 4 is 34.5 Å². The molecule has 0 spiro atoms. The van der Waals surface area contributed by atoms with Gasteiger partial charge in [-0.2, -0.15) is 0 Å². The number of halogens is 5. The molecular weight excluding hydrogens is 282 g/mol. The molecule has 1 aromatic rings. The van der Waals surface area contributed by atoms with E-state index in [2.05, 4.69) is 4.98 Å². The van der Waals surface area contributed by atoms with Gasteiger partial charge in [0.05, 0.1) is 11.2 Å². The summed E-state index contributed by atoms with van der Waals surface area (Å²) in [5.41, 5.74) is 0. The van der Waals surface area contributed by atoms with Gasteiger partial charge in [0.25, 0.3) is 5.92 Å². The Morgan fingerprint density at radius 3 is 2.50 bits per heavy atom. The second-order valence-electron chi connectivity index (χ2n) is 3.50. The van der Waals surface area contributed by atoms with Crippen LogP contribution in [0.15, 0.2) is 6.20 Å². The molecule has 1 aromatic heterocycles. The molecule has 1 atom stereocenters. The fourth-order valence-electron chi connectivity index (χ4n) is 1.08. The first-order chi connectivity index (χ1) is 7.22. The third-order valence-electron chi connectivity index (χ3n) is 2.05. The summed E-state index contributed by atoms with van der Waals surface area (Å²) in [7, 11) is 0. The van der Waals surface area contributed by atoms with Gasteiger partial charge in [0.2, 0.25) is 5.13 Å². The third-order valence-corrected chi connectivity index (χ3v) is 3.74. The van der Waals surface area contributed by atoms with Crippen LogP contribution in [-0.2, 0) is 6.42 Å². The molecule has 1 nitrogen and oxygen atoms in total. The van der Waals surface area contributed by atoms with Crippen LogP contribution < -0.4 is 0 Å². The number of aromatic nitrogens is 1. The first-order valence-corrected chi connectivity index (χ1v) is 6.15. The van der Waals surface area contributed by atoms with Gasteiger partial charge in [-0.3, -0.25) is 0 Å². The minimum atomic E-state index is -3.55. The summed E-state index contributed by atoms with van der Waals surface area (Å²) >= 11 is 12.0. The molecule has 0 N–H and O–H groups in total. The quantitative estimate of drug-likeness (QED) is 0.718. The van der Waals surface area contributed by atoms with E-state index in [9.17, 15) is 13.2 Å². The molecule has 0 saturated heterocycles. The van der Waals surface area contributed by atoms with Crippen LogP contribution in [-0.4, -0.2) is 16.0 Å². The second-order valence-corrected chi connectivity index (χ2v) is 5.85. The van der Waals surface area contributed by atoms with Crippen LogP contribution in [0.3, 0.4) is 0 Å². The molecule has 0 amide bonds. The van der Waals surface area contributed by atoms with E-state index >= 15 is 0 Å². The van der Waals surface area contributed by atoms with Gasteiger partial charge in [-0.05, 0) is 12.8 Å². The van der Waals surface area contributed by atoms with Gasteiger partial charge in [0, 0.05) is 13.3 Å². The van der Waals surface area contributed by atoms with Crippen LogP contribution in [0, 0.1) is 0 Å². The van der Waals surface area contributed by atoms with E-state index in [4.69, 9.17) is 23.2 Å². The molecule has 0 aliphatic carbocycles. The van der Waals surface area contributed by atoms with Crippen molar-refractivity contribution in [2.75, 3.05) is 0 Å². The lowest BCUT2D eigenvalue weighted by molar-refractivity contribution is -0.0822. The van der Waals surface area contributed by atoms with Crippen LogP contribution in [0.1, 0.15) is 24.8 Å². The van der Waals surface area contributed by atoms with Gasteiger partial charge < -0.3 is 0 Å². The molecule has 7 heteroatoms. The summed E-state index contributed by atoms with van der Waals surface area (Å²) < 4.78 is 39.2. The van der Waals surface area contributed by atoms with Crippen molar-refractivity contribution in [3.63, 3.8) is 0 Å². The maximum absolute atomic E-state index is 13.3. The van der Waals surface area contributed by atoms with Crippen molar-refractivity contribution in [3.8, 4) is 0 Å². The smallest absolute Gasteiger partial charge is 0.248 e. The Kier molecular flexibility index (Phi) is 4.49. The summed E-state index contributed by atoms with van der Waals surface area (Å²) in [6.45, 7) is 0.472. The number of nitrogens with zero attached hydrogens (tertiary/aromatic N) is 1. The Bertz CT molecular complexity index is 349. The highest BCUT2D eigenvalue weighted by Gasteiger charge is 2.48. The van der Waals surface area contributed by atoms with Gasteiger partial charge in [0.1, 0.15) is 4.34 Å². The van der Waals surface area contributed by atoms with Crippen LogP contribution in [0.5, 0.6) is 0 Å². The zero-order valence-corrected chi connectivity index (χ0v) is 10.8. The topological polar surface area (TPSA) is 12.9 Å². The van der Waals surface area contributed by atoms with E-state index in [0.717, 1.165) is 0 Å². The Morgan fingerprint density at radius 1 is 1.44 bits per heavy atom. The molecule has 1 rings (SSSR count). The summed E-state index contributed by atoms with van der Waals surface area (Å²) in [6, 6.07) is 0. The van der Waals surface area contributed by atoms with E-state index in [1.165, 1.54) is 17.5 Å². The average molecular weight is 292 g/mol. The fraction of sp³-hybridized carbons (Fsp3) is 0.667. The Hall–Kier alpha value is -0.0000000000000000278. The lowest BCUT2D eigenvalue weighted by atomic mass is 10.1. The van der Waals surface area contributed by atoms with Crippen LogP contribution in [0.4, 0.5) is 13.2 Å². The van der Waals surface area contributed by atoms with Crippen LogP contribution in [0.2, 0.25) is 4.34 Å². The highest BCUT2D eigenvalue weighted by atomic mass is 35.5. The lowest BCUT2D eigenvalue weighted by Gasteiger charge is -2.24. The minimum absolute atomic E-state index is 0.202. The number of hydrogen-bond acceptors (Lipinski definition) is 2. The molecule has 1 unspecified atom stereocenters. The first-order valence-electron chi connectivity index (χ1n) is 4.58. The molecule has 0 saturated carbocycles. The van der Waals surface area contributed by atoms with E-state index in [-0.39, 0.29) is 6.42 Å². The van der Waals surface area contributed by atoms with Gasteiger partial charge in [-0.15, -0.1) is 11.3 Å². The average Bonchev–Trinajstić information content (AvgIpc) is 2.49. The van der Waals surface area contributed by atoms with Crippen molar-refractivity contribution in [3.05, 3.63) is 15.5 Å². The summed E-state index contributed by atoms with van der Waals surface area (Å²) in [5.74, 6) is -3.55. The van der Waals surface area contributed by atoms with Crippen LogP contribution >= 0.6 is 34.5 Å². The molecule has 92 valence electrons. The molecule has 0 aliphatic rings. The monoisotopic (exact) mass is 291 g/mol. The molecule has 0 aromatic carbocycles. The molecule has 16 heavy (non-hydrogen) atoms. The number of rotatable bonds is 5. The summed E-state index contributed by atoms with van der Waals surface area (Å²) in [5, 5.41) is -2.30. The van der Waals surface area contributed by atoms with E-state index < -0.39 is 17.5 Å². The van der Waals surface area contributed by atoms with E-state index in [0.29, 0.717) is 22.7 Å². The van der Waals surface area contributed by atoms with Crippen LogP contribution in [0.25, 0.3) is 0 Å². The Morgan fingerprint density at radius 2 is 2.06 bits per heavy atom. The summed E-state index contributed by atoms with van der Waals surface area (Å²) in [6.07, 6.45) is 1.65. The maximum Gasteiger partial charge on any atom is 0.292 e. The standard InChI is InChI=1S/C9H10Cl2F3NS/c1-8(12,13)9(11,14)4-2-3-7-15-5-6(10)16-7/h5H,2-4H2,1H3. The SMILES string of the molecule is CC(F)(F)C(F)(Cl)CCCc1ncc(Cl)s1. The summed E-state index contributed by atoms with van der Waals surface area (Å²) in [4.78, 5) is 3.93. The van der Waals surface area contributed by atoms with Crippen molar-refractivity contribution in [2.45, 2.75) is 37.2 Å². The van der Waals surface area contributed by atoms with Crippen molar-refractivity contribution in [2.24, 2.45) is 0 Å².